The van der Waals surface area contributed by atoms with Gasteiger partial charge in [-0.1, -0.05) is 6.58 Å². The number of hydrogen-bond acceptors (Lipinski definition) is 10. The summed E-state index contributed by atoms with van der Waals surface area (Å²) in [5.41, 5.74) is 2.87. The Hall–Kier alpha value is -5.58. The number of unbranched alkanes of at least 4 members (excludes halogenated alkanes) is 1. The van der Waals surface area contributed by atoms with Crippen LogP contribution in [-0.2, 0) is 9.53 Å². The van der Waals surface area contributed by atoms with Crippen molar-refractivity contribution in [2.24, 2.45) is 30.7 Å². The first kappa shape index (κ1) is 31.4. The zero-order chi connectivity index (χ0) is 31.0. The lowest BCUT2D eigenvalue weighted by molar-refractivity contribution is -0.137. The summed E-state index contributed by atoms with van der Waals surface area (Å²) < 4.78 is 30.7. The van der Waals surface area contributed by atoms with Crippen molar-refractivity contribution in [2.45, 2.75) is 19.8 Å². The number of azo groups is 3. The molecule has 11 heteroatoms. The highest BCUT2D eigenvalue weighted by Gasteiger charge is 2.04. The van der Waals surface area contributed by atoms with Crippen molar-refractivity contribution in [2.75, 3.05) is 19.8 Å². The molecule has 0 aliphatic carbocycles. The summed E-state index contributed by atoms with van der Waals surface area (Å²) in [5.74, 6) is 0.449. The molecule has 0 aromatic heterocycles. The highest BCUT2D eigenvalue weighted by molar-refractivity contribution is 5.81. The van der Waals surface area contributed by atoms with Gasteiger partial charge in [0.2, 0.25) is 0 Å². The molecule has 44 heavy (non-hydrogen) atoms. The third kappa shape index (κ3) is 10.4. The summed E-state index contributed by atoms with van der Waals surface area (Å²) in [6, 6.07) is 25.6. The standard InChI is InChI=1S/C33H31FN6O4/c1-3-33(41)44-22-6-5-21-43-30-18-13-27(14-19-30)37-39-28-15-20-32(31(34)23-28)40-38-25-9-7-24(8-10-25)35-36-26-11-16-29(17-12-26)42-4-2/h3,7-20,23H,1,4-6,21-22H2,2H3. The predicted molar refractivity (Wildman–Crippen MR) is 165 cm³/mol. The fourth-order valence-corrected chi connectivity index (χ4v) is 3.58. The van der Waals surface area contributed by atoms with Crippen LogP contribution in [0.25, 0.3) is 0 Å². The van der Waals surface area contributed by atoms with Gasteiger partial charge in [0.15, 0.2) is 5.82 Å². The number of nitrogens with zero attached hydrogens (tertiary/aromatic N) is 6. The molecular formula is C33H31FN6O4. The van der Waals surface area contributed by atoms with Crippen LogP contribution in [0.2, 0.25) is 0 Å². The van der Waals surface area contributed by atoms with Crippen LogP contribution < -0.4 is 9.47 Å². The van der Waals surface area contributed by atoms with Crippen molar-refractivity contribution in [1.82, 2.24) is 0 Å². The van der Waals surface area contributed by atoms with Crippen molar-refractivity contribution in [3.63, 3.8) is 0 Å². The molecule has 0 unspecified atom stereocenters. The van der Waals surface area contributed by atoms with Gasteiger partial charge in [0.1, 0.15) is 17.2 Å². The van der Waals surface area contributed by atoms with Gasteiger partial charge in [-0.15, -0.1) is 5.11 Å². The Morgan fingerprint density at radius 3 is 1.64 bits per heavy atom. The van der Waals surface area contributed by atoms with E-state index < -0.39 is 11.8 Å². The van der Waals surface area contributed by atoms with E-state index in [0.29, 0.717) is 60.4 Å². The topological polar surface area (TPSA) is 119 Å². The summed E-state index contributed by atoms with van der Waals surface area (Å²) >= 11 is 0. The molecule has 0 radical (unpaired) electrons. The number of hydrogen-bond donors (Lipinski definition) is 0. The van der Waals surface area contributed by atoms with Gasteiger partial charge in [-0.2, -0.15) is 25.6 Å². The minimum absolute atomic E-state index is 0.0728. The van der Waals surface area contributed by atoms with E-state index in [2.05, 4.69) is 37.3 Å². The Morgan fingerprint density at radius 1 is 0.659 bits per heavy atom. The molecule has 4 rings (SSSR count). The molecule has 0 N–H and O–H groups in total. The average molecular weight is 595 g/mol. The van der Waals surface area contributed by atoms with Gasteiger partial charge >= 0.3 is 5.97 Å². The van der Waals surface area contributed by atoms with E-state index in [1.165, 1.54) is 12.1 Å². The fraction of sp³-hybridized carbons (Fsp3) is 0.182. The molecule has 0 spiro atoms. The quantitative estimate of drug-likeness (QED) is 0.0588. The first-order chi connectivity index (χ1) is 21.5. The number of carbonyl (C=O) groups is 1. The predicted octanol–water partition coefficient (Wildman–Crippen LogP) is 10.4. The molecule has 0 fully saturated rings. The minimum Gasteiger partial charge on any atom is -0.494 e. The van der Waals surface area contributed by atoms with Crippen LogP contribution in [0.1, 0.15) is 19.8 Å². The maximum absolute atomic E-state index is 14.6. The summed E-state index contributed by atoms with van der Waals surface area (Å²) in [5, 5.41) is 24.8. The number of ether oxygens (including phenoxy) is 3. The smallest absolute Gasteiger partial charge is 0.330 e. The molecule has 224 valence electrons. The summed E-state index contributed by atoms with van der Waals surface area (Å²) in [4.78, 5) is 11.0. The highest BCUT2D eigenvalue weighted by Crippen LogP contribution is 2.28. The van der Waals surface area contributed by atoms with Gasteiger partial charge in [0.25, 0.3) is 0 Å². The van der Waals surface area contributed by atoms with Crippen molar-refractivity contribution < 1.29 is 23.4 Å². The first-order valence-corrected chi connectivity index (χ1v) is 13.9. The largest absolute Gasteiger partial charge is 0.494 e. The van der Waals surface area contributed by atoms with E-state index in [0.717, 1.165) is 18.2 Å². The lowest BCUT2D eigenvalue weighted by Crippen LogP contribution is -2.04. The first-order valence-electron chi connectivity index (χ1n) is 13.9. The molecule has 0 bridgehead atoms. The van der Waals surface area contributed by atoms with Crippen LogP contribution in [0, 0.1) is 5.82 Å². The molecule has 0 aliphatic heterocycles. The third-order valence-electron chi connectivity index (χ3n) is 5.82. The van der Waals surface area contributed by atoms with E-state index in [1.807, 2.05) is 31.2 Å². The fourth-order valence-electron chi connectivity index (χ4n) is 3.58. The third-order valence-corrected chi connectivity index (χ3v) is 5.82. The Kier molecular flexibility index (Phi) is 11.9. The van der Waals surface area contributed by atoms with Gasteiger partial charge in [-0.25, -0.2) is 9.18 Å². The van der Waals surface area contributed by atoms with Crippen molar-refractivity contribution in [3.05, 3.63) is 109 Å². The SMILES string of the molecule is C=CC(=O)OCCCCOc1ccc(N=Nc2ccc(N=Nc3ccc(N=Nc4ccc(OCC)cc4)cc3)c(F)c2)cc1. The molecule has 4 aromatic carbocycles. The molecule has 10 nitrogen and oxygen atoms in total. The molecule has 0 amide bonds. The molecular weight excluding hydrogens is 563 g/mol. The number of benzene rings is 4. The number of esters is 1. The van der Waals surface area contributed by atoms with E-state index in [4.69, 9.17) is 14.2 Å². The monoisotopic (exact) mass is 594 g/mol. The van der Waals surface area contributed by atoms with Crippen molar-refractivity contribution in [3.8, 4) is 11.5 Å². The van der Waals surface area contributed by atoms with E-state index >= 15 is 0 Å². The number of rotatable bonds is 15. The molecule has 0 heterocycles. The van der Waals surface area contributed by atoms with Crippen LogP contribution >= 0.6 is 0 Å². The molecule has 0 aliphatic rings. The second kappa shape index (κ2) is 16.8. The average Bonchev–Trinajstić information content (AvgIpc) is 3.05. The van der Waals surface area contributed by atoms with Crippen LogP contribution in [0.4, 0.5) is 38.5 Å². The lowest BCUT2D eigenvalue weighted by Gasteiger charge is -2.06. The second-order valence-corrected chi connectivity index (χ2v) is 9.10. The number of carbonyl (C=O) groups excluding carboxylic acids is 1. The van der Waals surface area contributed by atoms with Crippen molar-refractivity contribution >= 4 is 40.1 Å². The Bertz CT molecular complexity index is 1610. The maximum atomic E-state index is 14.6. The minimum atomic E-state index is -0.575. The van der Waals surface area contributed by atoms with E-state index in [1.54, 1.807) is 54.6 Å². The van der Waals surface area contributed by atoms with Crippen molar-refractivity contribution in [1.29, 1.82) is 0 Å². The van der Waals surface area contributed by atoms with Crippen LogP contribution in [0.3, 0.4) is 0 Å². The molecule has 4 aromatic rings. The normalized spacial score (nSPS) is 11.3. The van der Waals surface area contributed by atoms with Crippen LogP contribution in [0.5, 0.6) is 11.5 Å². The summed E-state index contributed by atoms with van der Waals surface area (Å²) in [7, 11) is 0. The van der Waals surface area contributed by atoms with Gasteiger partial charge in [0.05, 0.1) is 48.3 Å². The van der Waals surface area contributed by atoms with Gasteiger partial charge in [-0.05, 0) is 105 Å². The van der Waals surface area contributed by atoms with Gasteiger partial charge in [-0.3, -0.25) is 0 Å². The Labute approximate surface area is 254 Å². The second-order valence-electron chi connectivity index (χ2n) is 9.10. The van der Waals surface area contributed by atoms with Gasteiger partial charge < -0.3 is 14.2 Å². The molecule has 0 saturated carbocycles. The highest BCUT2D eigenvalue weighted by atomic mass is 19.1. The zero-order valence-electron chi connectivity index (χ0n) is 24.2. The zero-order valence-corrected chi connectivity index (χ0v) is 24.2. The van der Waals surface area contributed by atoms with E-state index in [9.17, 15) is 9.18 Å². The Morgan fingerprint density at radius 2 is 1.11 bits per heavy atom. The van der Waals surface area contributed by atoms with Gasteiger partial charge in [0, 0.05) is 12.1 Å². The lowest BCUT2D eigenvalue weighted by atomic mass is 10.3. The molecule has 0 atom stereocenters. The summed E-state index contributed by atoms with van der Waals surface area (Å²) in [6.07, 6.45) is 2.56. The van der Waals surface area contributed by atoms with E-state index in [-0.39, 0.29) is 5.69 Å². The van der Waals surface area contributed by atoms with Crippen LogP contribution in [-0.4, -0.2) is 25.8 Å². The maximum Gasteiger partial charge on any atom is 0.330 e. The number of halogens is 1. The molecule has 0 saturated heterocycles. The Balaban J connectivity index is 1.24. The summed E-state index contributed by atoms with van der Waals surface area (Å²) in [6.45, 7) is 6.69. The van der Waals surface area contributed by atoms with Crippen LogP contribution in [0.15, 0.2) is 134 Å².